The number of nitrogens with one attached hydrogen (secondary N) is 1. The second-order valence-electron chi connectivity index (χ2n) is 6.68. The fraction of sp³-hybridized carbons (Fsp3) is 0.867. The number of rotatable bonds is 6. The van der Waals surface area contributed by atoms with Crippen molar-refractivity contribution in [3.8, 4) is 0 Å². The van der Waals surface area contributed by atoms with Gasteiger partial charge in [0.15, 0.2) is 0 Å². The number of carbonyl (C=O) groups is 2. The molecule has 6 heteroatoms. The number of ether oxygens (including phenoxy) is 1. The Morgan fingerprint density at radius 1 is 1.38 bits per heavy atom. The number of hydrogen-bond donors (Lipinski definition) is 2. The Morgan fingerprint density at radius 3 is 2.67 bits per heavy atom. The van der Waals surface area contributed by atoms with Gasteiger partial charge in [-0.1, -0.05) is 6.92 Å². The lowest BCUT2D eigenvalue weighted by Crippen LogP contribution is -2.50. The number of hydrogen-bond acceptors (Lipinski definition) is 3. The van der Waals surface area contributed by atoms with Crippen LogP contribution in [0.4, 0.5) is 4.79 Å². The third kappa shape index (κ3) is 4.33. The van der Waals surface area contributed by atoms with Crippen LogP contribution in [-0.2, 0) is 9.53 Å². The molecule has 2 aliphatic rings. The van der Waals surface area contributed by atoms with Crippen LogP contribution in [0.5, 0.6) is 0 Å². The zero-order chi connectivity index (χ0) is 15.5. The van der Waals surface area contributed by atoms with Gasteiger partial charge in [0.1, 0.15) is 0 Å². The average molecular weight is 298 g/mol. The van der Waals surface area contributed by atoms with Gasteiger partial charge in [-0.05, 0) is 37.0 Å². The molecule has 2 rings (SSSR count). The molecule has 1 aliphatic heterocycles. The molecule has 2 N–H and O–H groups in total. The first kappa shape index (κ1) is 16.1. The van der Waals surface area contributed by atoms with E-state index in [-0.39, 0.29) is 17.4 Å². The number of carboxylic acids is 1. The standard InChI is InChI=1S/C15H26N2O4/c1-11-7-12(13(18)19)9-17(8-11)14(20)16-10-15(3-4-15)5-6-21-2/h11-12H,3-10H2,1-2H3,(H,16,20)(H,18,19). The van der Waals surface area contributed by atoms with Gasteiger partial charge in [0, 0.05) is 33.4 Å². The fourth-order valence-corrected chi connectivity index (χ4v) is 3.08. The highest BCUT2D eigenvalue weighted by atomic mass is 16.5. The molecule has 0 aromatic carbocycles. The van der Waals surface area contributed by atoms with Crippen molar-refractivity contribution >= 4 is 12.0 Å². The van der Waals surface area contributed by atoms with Crippen molar-refractivity contribution in [3.63, 3.8) is 0 Å². The molecule has 1 heterocycles. The largest absolute Gasteiger partial charge is 0.481 e. The summed E-state index contributed by atoms with van der Waals surface area (Å²) in [6.45, 7) is 4.34. The van der Waals surface area contributed by atoms with Gasteiger partial charge < -0.3 is 20.1 Å². The first-order valence-corrected chi connectivity index (χ1v) is 7.70. The van der Waals surface area contributed by atoms with E-state index in [0.29, 0.717) is 26.1 Å². The van der Waals surface area contributed by atoms with Crippen LogP contribution >= 0.6 is 0 Å². The van der Waals surface area contributed by atoms with Crippen molar-refractivity contribution in [1.29, 1.82) is 0 Å². The summed E-state index contributed by atoms with van der Waals surface area (Å²) in [5.41, 5.74) is 0.208. The minimum atomic E-state index is -0.807. The van der Waals surface area contributed by atoms with Crippen LogP contribution in [0.3, 0.4) is 0 Å². The number of amides is 2. The lowest BCUT2D eigenvalue weighted by molar-refractivity contribution is -0.143. The summed E-state index contributed by atoms with van der Waals surface area (Å²) in [6.07, 6.45) is 3.88. The van der Waals surface area contributed by atoms with Crippen LogP contribution in [0.25, 0.3) is 0 Å². The Morgan fingerprint density at radius 2 is 2.10 bits per heavy atom. The quantitative estimate of drug-likeness (QED) is 0.780. The highest BCUT2D eigenvalue weighted by molar-refractivity contribution is 5.76. The lowest BCUT2D eigenvalue weighted by Gasteiger charge is -2.35. The van der Waals surface area contributed by atoms with Crippen LogP contribution in [0, 0.1) is 17.3 Å². The van der Waals surface area contributed by atoms with Crippen LogP contribution in [0.2, 0.25) is 0 Å². The van der Waals surface area contributed by atoms with E-state index in [1.165, 1.54) is 0 Å². The molecule has 0 spiro atoms. The van der Waals surface area contributed by atoms with E-state index in [0.717, 1.165) is 25.9 Å². The van der Waals surface area contributed by atoms with Gasteiger partial charge in [0.25, 0.3) is 0 Å². The molecular weight excluding hydrogens is 272 g/mol. The van der Waals surface area contributed by atoms with Gasteiger partial charge in [-0.25, -0.2) is 4.79 Å². The number of likely N-dealkylation sites (tertiary alicyclic amines) is 1. The van der Waals surface area contributed by atoms with Crippen LogP contribution in [-0.4, -0.2) is 55.4 Å². The number of carboxylic acid groups (broad SMARTS) is 1. The fourth-order valence-electron chi connectivity index (χ4n) is 3.08. The monoisotopic (exact) mass is 298 g/mol. The molecule has 1 saturated heterocycles. The highest BCUT2D eigenvalue weighted by Gasteiger charge is 2.42. The van der Waals surface area contributed by atoms with Crippen LogP contribution in [0.15, 0.2) is 0 Å². The maximum Gasteiger partial charge on any atom is 0.317 e. The molecule has 2 fully saturated rings. The van der Waals surface area contributed by atoms with Gasteiger partial charge in [-0.2, -0.15) is 0 Å². The maximum atomic E-state index is 12.3. The van der Waals surface area contributed by atoms with Crippen LogP contribution in [0.1, 0.15) is 32.6 Å². The van der Waals surface area contributed by atoms with Crippen molar-refractivity contribution in [2.75, 3.05) is 33.4 Å². The zero-order valence-electron chi connectivity index (χ0n) is 12.9. The molecule has 21 heavy (non-hydrogen) atoms. The van der Waals surface area contributed by atoms with E-state index in [9.17, 15) is 9.59 Å². The minimum Gasteiger partial charge on any atom is -0.481 e. The maximum absolute atomic E-state index is 12.3. The van der Waals surface area contributed by atoms with E-state index < -0.39 is 11.9 Å². The van der Waals surface area contributed by atoms with E-state index in [1.807, 2.05) is 6.92 Å². The molecule has 2 unspecified atom stereocenters. The summed E-state index contributed by atoms with van der Waals surface area (Å²) >= 11 is 0. The Kier molecular flexibility index (Phi) is 5.08. The smallest absolute Gasteiger partial charge is 0.317 e. The normalized spacial score (nSPS) is 27.2. The van der Waals surface area contributed by atoms with Gasteiger partial charge in [0.05, 0.1) is 5.92 Å². The average Bonchev–Trinajstić information content (AvgIpc) is 3.22. The number of methoxy groups -OCH3 is 1. The Hall–Kier alpha value is -1.30. The van der Waals surface area contributed by atoms with E-state index >= 15 is 0 Å². The van der Waals surface area contributed by atoms with E-state index in [1.54, 1.807) is 12.0 Å². The van der Waals surface area contributed by atoms with Crippen LogP contribution < -0.4 is 5.32 Å². The summed E-state index contributed by atoms with van der Waals surface area (Å²) in [7, 11) is 1.69. The van der Waals surface area contributed by atoms with Gasteiger partial charge >= 0.3 is 12.0 Å². The topological polar surface area (TPSA) is 78.9 Å². The van der Waals surface area contributed by atoms with Crippen molar-refractivity contribution in [3.05, 3.63) is 0 Å². The van der Waals surface area contributed by atoms with Gasteiger partial charge in [0.2, 0.25) is 0 Å². The molecule has 120 valence electrons. The second-order valence-corrected chi connectivity index (χ2v) is 6.68. The minimum absolute atomic E-state index is 0.128. The van der Waals surface area contributed by atoms with E-state index in [2.05, 4.69) is 5.32 Å². The molecule has 0 radical (unpaired) electrons. The van der Waals surface area contributed by atoms with Gasteiger partial charge in [-0.3, -0.25) is 4.79 Å². The molecule has 1 aliphatic carbocycles. The molecule has 2 atom stereocenters. The number of carbonyl (C=O) groups excluding carboxylic acids is 1. The molecule has 1 saturated carbocycles. The summed E-state index contributed by atoms with van der Waals surface area (Å²) in [5.74, 6) is -1.02. The number of urea groups is 1. The predicted molar refractivity (Wildman–Crippen MR) is 78.0 cm³/mol. The molecule has 0 aromatic heterocycles. The second kappa shape index (κ2) is 6.64. The number of aliphatic carboxylic acids is 1. The van der Waals surface area contributed by atoms with Crippen molar-refractivity contribution in [2.24, 2.45) is 17.3 Å². The molecular formula is C15H26N2O4. The van der Waals surface area contributed by atoms with Crippen molar-refractivity contribution in [1.82, 2.24) is 10.2 Å². The molecule has 0 aromatic rings. The summed E-state index contributed by atoms with van der Waals surface area (Å²) in [4.78, 5) is 25.0. The Balaban J connectivity index is 1.81. The molecule has 2 amide bonds. The van der Waals surface area contributed by atoms with Gasteiger partial charge in [-0.15, -0.1) is 0 Å². The predicted octanol–water partition coefficient (Wildman–Crippen LogP) is 1.56. The first-order chi connectivity index (χ1) is 9.96. The molecule has 0 bridgehead atoms. The van der Waals surface area contributed by atoms with E-state index in [4.69, 9.17) is 9.84 Å². The lowest BCUT2D eigenvalue weighted by atomic mass is 9.91. The first-order valence-electron chi connectivity index (χ1n) is 7.70. The highest BCUT2D eigenvalue weighted by Crippen LogP contribution is 2.48. The summed E-state index contributed by atoms with van der Waals surface area (Å²) < 4.78 is 5.11. The zero-order valence-corrected chi connectivity index (χ0v) is 12.9. The Labute approximate surface area is 125 Å². The summed E-state index contributed by atoms with van der Waals surface area (Å²) in [5, 5.41) is 12.1. The third-order valence-electron chi connectivity index (χ3n) is 4.70. The molecule has 6 nitrogen and oxygen atoms in total. The SMILES string of the molecule is COCCC1(CNC(=O)N2CC(C)CC(C(=O)O)C2)CC1. The summed E-state index contributed by atoms with van der Waals surface area (Å²) in [6, 6.07) is -0.128. The van der Waals surface area contributed by atoms with Crippen molar-refractivity contribution < 1.29 is 19.4 Å². The number of nitrogens with zero attached hydrogens (tertiary/aromatic N) is 1. The third-order valence-corrected chi connectivity index (χ3v) is 4.70. The number of piperidine rings is 1. The van der Waals surface area contributed by atoms with Crippen molar-refractivity contribution in [2.45, 2.75) is 32.6 Å². The Bertz CT molecular complexity index is 395.